The summed E-state index contributed by atoms with van der Waals surface area (Å²) in [6.07, 6.45) is 1.85. The molecule has 0 aliphatic heterocycles. The van der Waals surface area contributed by atoms with E-state index in [1.807, 2.05) is 23.4 Å². The van der Waals surface area contributed by atoms with E-state index in [2.05, 4.69) is 4.98 Å². The van der Waals surface area contributed by atoms with E-state index in [-0.39, 0.29) is 5.82 Å². The molecule has 0 bridgehead atoms. The van der Waals surface area contributed by atoms with Gasteiger partial charge in [0.05, 0.1) is 22.3 Å². The third-order valence-electron chi connectivity index (χ3n) is 2.88. The standard InChI is InChI=1S/C14H16ClFN2S/c1-18(13-6-3-2-5-12(13)16)8-4-7-14-17-11(9-15)10-19-14/h2-3,5-6,10H,4,7-9H2,1H3. The van der Waals surface area contributed by atoms with Crippen molar-refractivity contribution in [3.05, 3.63) is 46.2 Å². The third kappa shape index (κ3) is 3.91. The molecular weight excluding hydrogens is 283 g/mol. The van der Waals surface area contributed by atoms with E-state index in [9.17, 15) is 4.39 Å². The van der Waals surface area contributed by atoms with Crippen LogP contribution in [0.4, 0.5) is 10.1 Å². The number of benzene rings is 1. The Kier molecular flexibility index (Phi) is 5.16. The Labute approximate surface area is 121 Å². The predicted octanol–water partition coefficient (Wildman–Crippen LogP) is 4.09. The minimum Gasteiger partial charge on any atom is -0.372 e. The lowest BCUT2D eigenvalue weighted by molar-refractivity contribution is 0.620. The zero-order valence-electron chi connectivity index (χ0n) is 10.8. The average Bonchev–Trinajstić information content (AvgIpc) is 2.87. The van der Waals surface area contributed by atoms with Crippen molar-refractivity contribution in [3.63, 3.8) is 0 Å². The molecule has 19 heavy (non-hydrogen) atoms. The van der Waals surface area contributed by atoms with E-state index in [4.69, 9.17) is 11.6 Å². The molecule has 0 aliphatic carbocycles. The number of hydrogen-bond donors (Lipinski definition) is 0. The summed E-state index contributed by atoms with van der Waals surface area (Å²) in [6.45, 7) is 0.802. The monoisotopic (exact) mass is 298 g/mol. The van der Waals surface area contributed by atoms with Gasteiger partial charge in [0, 0.05) is 25.4 Å². The minimum atomic E-state index is -0.177. The Morgan fingerprint density at radius 1 is 1.37 bits per heavy atom. The van der Waals surface area contributed by atoms with Gasteiger partial charge in [-0.3, -0.25) is 0 Å². The highest BCUT2D eigenvalue weighted by molar-refractivity contribution is 7.09. The maximum Gasteiger partial charge on any atom is 0.146 e. The second kappa shape index (κ2) is 6.87. The van der Waals surface area contributed by atoms with Crippen LogP contribution in [-0.2, 0) is 12.3 Å². The zero-order chi connectivity index (χ0) is 13.7. The average molecular weight is 299 g/mol. The van der Waals surface area contributed by atoms with E-state index < -0.39 is 0 Å². The Balaban J connectivity index is 1.84. The van der Waals surface area contributed by atoms with Crippen molar-refractivity contribution < 1.29 is 4.39 Å². The molecule has 2 nitrogen and oxygen atoms in total. The van der Waals surface area contributed by atoms with Crippen molar-refractivity contribution in [2.24, 2.45) is 0 Å². The van der Waals surface area contributed by atoms with Gasteiger partial charge in [0.1, 0.15) is 5.82 Å². The molecule has 1 heterocycles. The first-order valence-corrected chi connectivity index (χ1v) is 7.57. The molecule has 1 aromatic carbocycles. The summed E-state index contributed by atoms with van der Waals surface area (Å²) in [5, 5.41) is 3.08. The van der Waals surface area contributed by atoms with E-state index >= 15 is 0 Å². The van der Waals surface area contributed by atoms with Crippen molar-refractivity contribution in [2.45, 2.75) is 18.7 Å². The molecule has 0 saturated carbocycles. The van der Waals surface area contributed by atoms with Crippen LogP contribution in [0, 0.1) is 5.82 Å². The largest absolute Gasteiger partial charge is 0.372 e. The van der Waals surface area contributed by atoms with Crippen LogP contribution >= 0.6 is 22.9 Å². The lowest BCUT2D eigenvalue weighted by Gasteiger charge is -2.19. The van der Waals surface area contributed by atoms with Gasteiger partial charge in [0.15, 0.2) is 0 Å². The fourth-order valence-electron chi connectivity index (χ4n) is 1.87. The maximum absolute atomic E-state index is 13.6. The summed E-state index contributed by atoms with van der Waals surface area (Å²) in [4.78, 5) is 6.35. The molecule has 0 radical (unpaired) electrons. The van der Waals surface area contributed by atoms with Crippen molar-refractivity contribution >= 4 is 28.6 Å². The van der Waals surface area contributed by atoms with Crippen molar-refractivity contribution in [3.8, 4) is 0 Å². The molecule has 5 heteroatoms. The summed E-state index contributed by atoms with van der Waals surface area (Å²) in [6, 6.07) is 6.84. The highest BCUT2D eigenvalue weighted by Crippen LogP contribution is 2.18. The first-order valence-electron chi connectivity index (χ1n) is 6.15. The molecule has 2 rings (SSSR count). The zero-order valence-corrected chi connectivity index (χ0v) is 12.3. The number of alkyl halides is 1. The Bertz CT molecular complexity index is 530. The molecule has 102 valence electrons. The van der Waals surface area contributed by atoms with Crippen LogP contribution < -0.4 is 4.90 Å². The van der Waals surface area contributed by atoms with Gasteiger partial charge in [0.2, 0.25) is 0 Å². The number of hydrogen-bond acceptors (Lipinski definition) is 3. The number of rotatable bonds is 6. The first kappa shape index (κ1) is 14.3. The molecule has 0 aliphatic rings. The van der Waals surface area contributed by atoms with Crippen LogP contribution in [-0.4, -0.2) is 18.6 Å². The van der Waals surface area contributed by atoms with Crippen LogP contribution in [0.3, 0.4) is 0 Å². The second-order valence-electron chi connectivity index (χ2n) is 4.34. The third-order valence-corrected chi connectivity index (χ3v) is 4.12. The lowest BCUT2D eigenvalue weighted by atomic mass is 10.2. The minimum absolute atomic E-state index is 0.177. The normalized spacial score (nSPS) is 10.7. The number of thiazole rings is 1. The second-order valence-corrected chi connectivity index (χ2v) is 5.55. The van der Waals surface area contributed by atoms with Crippen molar-refractivity contribution in [2.75, 3.05) is 18.5 Å². The fourth-order valence-corrected chi connectivity index (χ4v) is 2.94. The number of para-hydroxylation sites is 1. The van der Waals surface area contributed by atoms with Gasteiger partial charge in [-0.05, 0) is 18.6 Å². The molecule has 0 fully saturated rings. The molecule has 1 aromatic heterocycles. The van der Waals surface area contributed by atoms with Crippen molar-refractivity contribution in [1.29, 1.82) is 0 Å². The Morgan fingerprint density at radius 3 is 2.84 bits per heavy atom. The summed E-state index contributed by atoms with van der Waals surface area (Å²) < 4.78 is 13.6. The number of halogens is 2. The van der Waals surface area contributed by atoms with Crippen LogP contribution in [0.1, 0.15) is 17.1 Å². The van der Waals surface area contributed by atoms with Gasteiger partial charge >= 0.3 is 0 Å². The SMILES string of the molecule is CN(CCCc1nc(CCl)cs1)c1ccccc1F. The quantitative estimate of drug-likeness (QED) is 0.747. The van der Waals surface area contributed by atoms with E-state index in [1.165, 1.54) is 6.07 Å². The number of aryl methyl sites for hydroxylation is 1. The van der Waals surface area contributed by atoms with E-state index in [0.29, 0.717) is 11.6 Å². The maximum atomic E-state index is 13.6. The number of anilines is 1. The molecular formula is C14H16ClFN2S. The summed E-state index contributed by atoms with van der Waals surface area (Å²) in [5.41, 5.74) is 1.58. The predicted molar refractivity (Wildman–Crippen MR) is 79.7 cm³/mol. The fraction of sp³-hybridized carbons (Fsp3) is 0.357. The topological polar surface area (TPSA) is 16.1 Å². The highest BCUT2D eigenvalue weighted by atomic mass is 35.5. The first-order chi connectivity index (χ1) is 9.20. The van der Waals surface area contributed by atoms with Gasteiger partial charge < -0.3 is 4.90 Å². The summed E-state index contributed by atoms with van der Waals surface area (Å²) in [5.74, 6) is 0.287. The molecule has 0 unspecified atom stereocenters. The van der Waals surface area contributed by atoms with Crippen LogP contribution in [0.15, 0.2) is 29.6 Å². The Morgan fingerprint density at radius 2 is 2.16 bits per heavy atom. The smallest absolute Gasteiger partial charge is 0.146 e. The molecule has 0 N–H and O–H groups in total. The lowest BCUT2D eigenvalue weighted by Crippen LogP contribution is -2.20. The van der Waals surface area contributed by atoms with Gasteiger partial charge in [-0.25, -0.2) is 9.37 Å². The van der Waals surface area contributed by atoms with Gasteiger partial charge in [-0.15, -0.1) is 22.9 Å². The Hall–Kier alpha value is -1.13. The molecule has 0 spiro atoms. The molecule has 2 aromatic rings. The van der Waals surface area contributed by atoms with Gasteiger partial charge in [-0.1, -0.05) is 12.1 Å². The number of aromatic nitrogens is 1. The van der Waals surface area contributed by atoms with E-state index in [0.717, 1.165) is 30.1 Å². The summed E-state index contributed by atoms with van der Waals surface area (Å²) >= 11 is 7.35. The van der Waals surface area contributed by atoms with Crippen LogP contribution in [0.5, 0.6) is 0 Å². The summed E-state index contributed by atoms with van der Waals surface area (Å²) in [7, 11) is 1.91. The van der Waals surface area contributed by atoms with Gasteiger partial charge in [0.25, 0.3) is 0 Å². The van der Waals surface area contributed by atoms with Crippen LogP contribution in [0.2, 0.25) is 0 Å². The van der Waals surface area contributed by atoms with E-state index in [1.54, 1.807) is 23.5 Å². The van der Waals surface area contributed by atoms with Crippen molar-refractivity contribution in [1.82, 2.24) is 4.98 Å². The van der Waals surface area contributed by atoms with Crippen LogP contribution in [0.25, 0.3) is 0 Å². The molecule has 0 amide bonds. The number of nitrogens with zero attached hydrogens (tertiary/aromatic N) is 2. The van der Waals surface area contributed by atoms with Gasteiger partial charge in [-0.2, -0.15) is 0 Å². The highest BCUT2D eigenvalue weighted by Gasteiger charge is 2.07. The molecule has 0 atom stereocenters. The molecule has 0 saturated heterocycles.